The molecule has 17 heavy (non-hydrogen) atoms. The van der Waals surface area contributed by atoms with Crippen molar-refractivity contribution in [3.8, 4) is 0 Å². The Morgan fingerprint density at radius 3 is 2.59 bits per heavy atom. The summed E-state index contributed by atoms with van der Waals surface area (Å²) in [5, 5.41) is 6.21. The third-order valence-corrected chi connectivity index (χ3v) is 3.01. The number of amides is 1. The van der Waals surface area contributed by atoms with Crippen LogP contribution in [0.25, 0.3) is 0 Å². The summed E-state index contributed by atoms with van der Waals surface area (Å²) in [4.78, 5) is 10.7. The quantitative estimate of drug-likeness (QED) is 0.437. The Morgan fingerprint density at radius 2 is 2.12 bits per heavy atom. The number of allylic oxidation sites excluding steroid dienone is 1. The molecule has 1 saturated carbocycles. The molecule has 0 bridgehead atoms. The van der Waals surface area contributed by atoms with Crippen LogP contribution in [0.5, 0.6) is 0 Å². The smallest absolute Gasteiger partial charge is 0.264 e. The third-order valence-electron chi connectivity index (χ3n) is 3.01. The van der Waals surface area contributed by atoms with Crippen LogP contribution in [-0.4, -0.2) is 18.0 Å². The van der Waals surface area contributed by atoms with E-state index >= 15 is 0 Å². The minimum atomic E-state index is -0.529. The number of primary amides is 1. The maximum Gasteiger partial charge on any atom is 0.264 e. The fraction of sp³-hybridized carbons (Fsp3) is 0.462. The number of rotatable bonds is 8. The van der Waals surface area contributed by atoms with E-state index in [9.17, 15) is 4.79 Å². The molecule has 1 fully saturated rings. The predicted octanol–water partition coefficient (Wildman–Crippen LogP) is 1.18. The van der Waals surface area contributed by atoms with Gasteiger partial charge in [0.2, 0.25) is 0 Å². The Labute approximate surface area is 103 Å². The lowest BCUT2D eigenvalue weighted by atomic mass is 10.2. The summed E-state index contributed by atoms with van der Waals surface area (Å²) in [5.41, 5.74) is 6.44. The van der Waals surface area contributed by atoms with Gasteiger partial charge in [-0.15, -0.1) is 0 Å². The molecule has 0 saturated heterocycles. The molecule has 0 atom stereocenters. The van der Waals surface area contributed by atoms with Gasteiger partial charge >= 0.3 is 0 Å². The molecule has 0 aromatic rings. The minimum absolute atomic E-state index is 0.223. The van der Waals surface area contributed by atoms with Crippen molar-refractivity contribution in [3.05, 3.63) is 36.7 Å². The summed E-state index contributed by atoms with van der Waals surface area (Å²) in [6.45, 7) is 10.1. The molecule has 1 rings (SSSR count). The maximum atomic E-state index is 10.7. The molecule has 4 heteroatoms. The number of hydrogen-bond donors (Lipinski definition) is 3. The lowest BCUT2D eigenvalue weighted by Crippen LogP contribution is -2.28. The predicted molar refractivity (Wildman–Crippen MR) is 70.0 cm³/mol. The van der Waals surface area contributed by atoms with Crippen molar-refractivity contribution in [1.82, 2.24) is 10.6 Å². The van der Waals surface area contributed by atoms with Gasteiger partial charge in [-0.05, 0) is 25.3 Å². The first-order valence-electron chi connectivity index (χ1n) is 5.85. The SMILES string of the molecule is C=C(/C=C/CNC(=C)C(N)=O)NC1(CC)CC1. The van der Waals surface area contributed by atoms with Crippen LogP contribution in [0.3, 0.4) is 0 Å². The molecule has 94 valence electrons. The van der Waals surface area contributed by atoms with Crippen molar-refractivity contribution >= 4 is 5.91 Å². The van der Waals surface area contributed by atoms with E-state index in [0.29, 0.717) is 6.54 Å². The van der Waals surface area contributed by atoms with Crippen LogP contribution in [0.4, 0.5) is 0 Å². The summed E-state index contributed by atoms with van der Waals surface area (Å²) in [6.07, 6.45) is 7.34. The molecule has 4 nitrogen and oxygen atoms in total. The molecular weight excluding hydrogens is 214 g/mol. The highest BCUT2D eigenvalue weighted by Crippen LogP contribution is 2.39. The fourth-order valence-corrected chi connectivity index (χ4v) is 1.57. The first-order chi connectivity index (χ1) is 7.99. The van der Waals surface area contributed by atoms with Gasteiger partial charge in [0.05, 0.1) is 5.70 Å². The van der Waals surface area contributed by atoms with E-state index in [1.54, 1.807) is 0 Å². The molecule has 0 unspecified atom stereocenters. The van der Waals surface area contributed by atoms with E-state index in [0.717, 1.165) is 12.1 Å². The fourth-order valence-electron chi connectivity index (χ4n) is 1.57. The summed E-state index contributed by atoms with van der Waals surface area (Å²) < 4.78 is 0. The van der Waals surface area contributed by atoms with Crippen LogP contribution in [0, 0.1) is 0 Å². The van der Waals surface area contributed by atoms with Crippen LogP contribution in [0.15, 0.2) is 36.7 Å². The zero-order valence-electron chi connectivity index (χ0n) is 10.4. The van der Waals surface area contributed by atoms with E-state index < -0.39 is 5.91 Å². The second kappa shape index (κ2) is 5.57. The van der Waals surface area contributed by atoms with Gasteiger partial charge in [0.15, 0.2) is 0 Å². The van der Waals surface area contributed by atoms with Gasteiger partial charge in [0.25, 0.3) is 5.91 Å². The second-order valence-electron chi connectivity index (χ2n) is 4.41. The van der Waals surface area contributed by atoms with Crippen LogP contribution >= 0.6 is 0 Å². The van der Waals surface area contributed by atoms with E-state index in [2.05, 4.69) is 30.7 Å². The Balaban J connectivity index is 2.22. The highest BCUT2D eigenvalue weighted by Gasteiger charge is 2.40. The monoisotopic (exact) mass is 235 g/mol. The number of carbonyl (C=O) groups is 1. The van der Waals surface area contributed by atoms with E-state index in [-0.39, 0.29) is 11.2 Å². The summed E-state index contributed by atoms with van der Waals surface area (Å²) in [6, 6.07) is 0. The average molecular weight is 235 g/mol. The van der Waals surface area contributed by atoms with Gasteiger partial charge in [0, 0.05) is 17.8 Å². The highest BCUT2D eigenvalue weighted by molar-refractivity contribution is 5.90. The molecule has 0 aliphatic heterocycles. The number of nitrogens with one attached hydrogen (secondary N) is 2. The van der Waals surface area contributed by atoms with Crippen molar-refractivity contribution in [2.24, 2.45) is 5.73 Å². The topological polar surface area (TPSA) is 67.1 Å². The molecule has 0 radical (unpaired) electrons. The van der Waals surface area contributed by atoms with Gasteiger partial charge in [0.1, 0.15) is 0 Å². The second-order valence-corrected chi connectivity index (χ2v) is 4.41. The standard InChI is InChI=1S/C13H21N3O/c1-4-13(7-8-13)16-10(2)6-5-9-15-11(3)12(14)17/h5-6,15-16H,2-4,7-9H2,1H3,(H2,14,17)/b6-5+. The van der Waals surface area contributed by atoms with Gasteiger partial charge < -0.3 is 16.4 Å². The minimum Gasteiger partial charge on any atom is -0.380 e. The molecule has 1 amide bonds. The number of nitrogens with two attached hydrogens (primary N) is 1. The Kier molecular flexibility index (Phi) is 4.37. The summed E-state index contributed by atoms with van der Waals surface area (Å²) in [7, 11) is 0. The first-order valence-corrected chi connectivity index (χ1v) is 5.85. The van der Waals surface area contributed by atoms with Crippen LogP contribution < -0.4 is 16.4 Å². The van der Waals surface area contributed by atoms with Crippen molar-refractivity contribution in [2.75, 3.05) is 6.54 Å². The molecule has 1 aliphatic carbocycles. The van der Waals surface area contributed by atoms with Crippen LogP contribution in [-0.2, 0) is 4.79 Å². The maximum absolute atomic E-state index is 10.7. The van der Waals surface area contributed by atoms with Crippen molar-refractivity contribution in [2.45, 2.75) is 31.7 Å². The molecule has 0 aromatic heterocycles. The molecule has 0 aromatic carbocycles. The normalized spacial score (nSPS) is 16.5. The van der Waals surface area contributed by atoms with Crippen LogP contribution in [0.1, 0.15) is 26.2 Å². The van der Waals surface area contributed by atoms with Crippen molar-refractivity contribution < 1.29 is 4.79 Å². The zero-order chi connectivity index (χ0) is 12.9. The van der Waals surface area contributed by atoms with Gasteiger partial charge in [-0.1, -0.05) is 26.2 Å². The number of hydrogen-bond acceptors (Lipinski definition) is 3. The summed E-state index contributed by atoms with van der Waals surface area (Å²) >= 11 is 0. The lowest BCUT2D eigenvalue weighted by Gasteiger charge is -2.16. The highest BCUT2D eigenvalue weighted by atomic mass is 16.1. The average Bonchev–Trinajstić information content (AvgIpc) is 3.04. The molecule has 1 aliphatic rings. The lowest BCUT2D eigenvalue weighted by molar-refractivity contribution is -0.114. The van der Waals surface area contributed by atoms with Gasteiger partial charge in [-0.2, -0.15) is 0 Å². The number of carbonyl (C=O) groups excluding carboxylic acids is 1. The van der Waals surface area contributed by atoms with E-state index in [4.69, 9.17) is 5.73 Å². The van der Waals surface area contributed by atoms with Crippen molar-refractivity contribution in [3.63, 3.8) is 0 Å². The Hall–Kier alpha value is -1.71. The van der Waals surface area contributed by atoms with E-state index in [1.165, 1.54) is 12.8 Å². The van der Waals surface area contributed by atoms with Crippen LogP contribution in [0.2, 0.25) is 0 Å². The van der Waals surface area contributed by atoms with Gasteiger partial charge in [-0.25, -0.2) is 0 Å². The molecule has 0 heterocycles. The zero-order valence-corrected chi connectivity index (χ0v) is 10.4. The largest absolute Gasteiger partial charge is 0.380 e. The van der Waals surface area contributed by atoms with Crippen molar-refractivity contribution in [1.29, 1.82) is 0 Å². The molecular formula is C13H21N3O. The molecule has 4 N–H and O–H groups in total. The first kappa shape index (κ1) is 13.4. The Morgan fingerprint density at radius 1 is 1.47 bits per heavy atom. The van der Waals surface area contributed by atoms with Gasteiger partial charge in [-0.3, -0.25) is 4.79 Å². The molecule has 0 spiro atoms. The van der Waals surface area contributed by atoms with E-state index in [1.807, 2.05) is 12.2 Å². The third kappa shape index (κ3) is 4.34. The Bertz CT molecular complexity index is 354. The summed E-state index contributed by atoms with van der Waals surface area (Å²) in [5.74, 6) is -0.529.